The van der Waals surface area contributed by atoms with Crippen molar-refractivity contribution in [2.45, 2.75) is 56.4 Å². The van der Waals surface area contributed by atoms with Crippen molar-refractivity contribution in [3.05, 3.63) is 46.8 Å². The summed E-state index contributed by atoms with van der Waals surface area (Å²) < 4.78 is 10.5. The highest BCUT2D eigenvalue weighted by atomic mass is 32.2. The number of carbonyl (C=O) groups excluding carboxylic acids is 2. The van der Waals surface area contributed by atoms with E-state index in [2.05, 4.69) is 10.5 Å². The number of aromatic nitrogens is 1. The average molecular weight is 374 g/mol. The van der Waals surface area contributed by atoms with E-state index in [1.807, 2.05) is 26.0 Å². The minimum absolute atomic E-state index is 0.238. The highest BCUT2D eigenvalue weighted by molar-refractivity contribution is 7.98. The van der Waals surface area contributed by atoms with Crippen molar-refractivity contribution in [3.8, 4) is 0 Å². The lowest BCUT2D eigenvalue weighted by molar-refractivity contribution is -0.129. The van der Waals surface area contributed by atoms with Crippen LogP contribution in [0.4, 0.5) is 0 Å². The van der Waals surface area contributed by atoms with Gasteiger partial charge in [-0.15, -0.1) is 11.8 Å². The Morgan fingerprint density at radius 2 is 2.08 bits per heavy atom. The maximum Gasteiger partial charge on any atom is 0.340 e. The Kier molecular flexibility index (Phi) is 5.66. The van der Waals surface area contributed by atoms with Crippen LogP contribution in [0.2, 0.25) is 0 Å². The fourth-order valence-corrected chi connectivity index (χ4v) is 3.64. The molecule has 0 aliphatic heterocycles. The second kappa shape index (κ2) is 7.95. The molecular weight excluding hydrogens is 352 g/mol. The third-order valence-corrected chi connectivity index (χ3v) is 5.34. The molecule has 1 aliphatic rings. The van der Waals surface area contributed by atoms with Gasteiger partial charge in [-0.05, 0) is 45.7 Å². The number of nitrogens with one attached hydrogen (secondary N) is 1. The molecule has 6 nitrogen and oxygen atoms in total. The number of rotatable bonds is 7. The van der Waals surface area contributed by atoms with Crippen LogP contribution in [0, 0.1) is 13.8 Å². The van der Waals surface area contributed by atoms with Crippen LogP contribution in [0.15, 0.2) is 33.7 Å². The van der Waals surface area contributed by atoms with Crippen LogP contribution in [0.5, 0.6) is 0 Å². The van der Waals surface area contributed by atoms with E-state index >= 15 is 0 Å². The molecule has 1 aromatic heterocycles. The van der Waals surface area contributed by atoms with Crippen LogP contribution >= 0.6 is 11.8 Å². The minimum atomic E-state index is -0.816. The van der Waals surface area contributed by atoms with Gasteiger partial charge in [0.05, 0.1) is 11.3 Å². The number of ether oxygens (including phenoxy) is 1. The lowest BCUT2D eigenvalue weighted by atomic mass is 10.2. The first-order valence-corrected chi connectivity index (χ1v) is 9.59. The van der Waals surface area contributed by atoms with Gasteiger partial charge in [-0.25, -0.2) is 4.79 Å². The molecule has 3 rings (SSSR count). The Labute approximate surface area is 156 Å². The molecule has 1 saturated carbocycles. The summed E-state index contributed by atoms with van der Waals surface area (Å²) in [6.07, 6.45) is 1.17. The molecule has 26 heavy (non-hydrogen) atoms. The molecule has 1 atom stereocenters. The standard InChI is InChI=1S/C19H22N2O4S/c1-11-16(12(2)25-21-11)10-26-17-7-5-4-6-15(17)19(23)24-13(3)18(22)20-14-8-9-14/h4-7,13-14H,8-10H2,1-3H3,(H,20,22)/t13-/m0/s1. The van der Waals surface area contributed by atoms with Gasteiger partial charge in [0.2, 0.25) is 0 Å². The molecule has 0 saturated heterocycles. The zero-order chi connectivity index (χ0) is 18.7. The molecule has 138 valence electrons. The first-order chi connectivity index (χ1) is 12.5. The van der Waals surface area contributed by atoms with Crippen LogP contribution in [-0.2, 0) is 15.3 Å². The van der Waals surface area contributed by atoms with Gasteiger partial charge in [-0.2, -0.15) is 0 Å². The lowest BCUT2D eigenvalue weighted by Gasteiger charge is -2.14. The zero-order valence-corrected chi connectivity index (χ0v) is 15.9. The quantitative estimate of drug-likeness (QED) is 0.591. The third-order valence-electron chi connectivity index (χ3n) is 4.24. The van der Waals surface area contributed by atoms with Crippen LogP contribution in [0.25, 0.3) is 0 Å². The van der Waals surface area contributed by atoms with Gasteiger partial charge in [0.15, 0.2) is 6.10 Å². The lowest BCUT2D eigenvalue weighted by Crippen LogP contribution is -2.37. The maximum absolute atomic E-state index is 12.5. The molecule has 1 fully saturated rings. The number of amides is 1. The molecule has 0 bridgehead atoms. The summed E-state index contributed by atoms with van der Waals surface area (Å²) in [7, 11) is 0. The molecule has 0 unspecified atom stereocenters. The van der Waals surface area contributed by atoms with Crippen molar-refractivity contribution < 1.29 is 18.8 Å². The van der Waals surface area contributed by atoms with Gasteiger partial charge >= 0.3 is 5.97 Å². The van der Waals surface area contributed by atoms with Crippen LogP contribution < -0.4 is 5.32 Å². The number of thioether (sulfide) groups is 1. The second-order valence-electron chi connectivity index (χ2n) is 6.42. The Balaban J connectivity index is 1.65. The van der Waals surface area contributed by atoms with E-state index in [4.69, 9.17) is 9.26 Å². The summed E-state index contributed by atoms with van der Waals surface area (Å²) in [6, 6.07) is 7.47. The first-order valence-electron chi connectivity index (χ1n) is 8.60. The van der Waals surface area contributed by atoms with E-state index in [1.54, 1.807) is 19.1 Å². The van der Waals surface area contributed by atoms with E-state index in [1.165, 1.54) is 11.8 Å². The normalized spacial score (nSPS) is 14.7. The summed E-state index contributed by atoms with van der Waals surface area (Å²) in [5.41, 5.74) is 2.33. The molecule has 7 heteroatoms. The van der Waals surface area contributed by atoms with Crippen molar-refractivity contribution in [1.29, 1.82) is 0 Å². The second-order valence-corrected chi connectivity index (χ2v) is 7.44. The van der Waals surface area contributed by atoms with Gasteiger partial charge in [0.25, 0.3) is 5.91 Å². The molecule has 1 N–H and O–H groups in total. The number of nitrogens with zero attached hydrogens (tertiary/aromatic N) is 1. The smallest absolute Gasteiger partial charge is 0.340 e. The fourth-order valence-electron chi connectivity index (χ4n) is 2.44. The van der Waals surface area contributed by atoms with E-state index < -0.39 is 12.1 Å². The van der Waals surface area contributed by atoms with Gasteiger partial charge in [0, 0.05) is 22.3 Å². The number of carbonyl (C=O) groups is 2. The highest BCUT2D eigenvalue weighted by Gasteiger charge is 2.27. The van der Waals surface area contributed by atoms with Crippen molar-refractivity contribution in [2.75, 3.05) is 0 Å². The zero-order valence-electron chi connectivity index (χ0n) is 15.1. The number of benzene rings is 1. The van der Waals surface area contributed by atoms with Crippen LogP contribution in [0.3, 0.4) is 0 Å². The number of aryl methyl sites for hydroxylation is 2. The van der Waals surface area contributed by atoms with E-state index in [9.17, 15) is 9.59 Å². The van der Waals surface area contributed by atoms with Gasteiger partial charge in [-0.1, -0.05) is 17.3 Å². The predicted octanol–water partition coefficient (Wildman–Crippen LogP) is 3.41. The molecule has 1 aromatic carbocycles. The summed E-state index contributed by atoms with van der Waals surface area (Å²) in [4.78, 5) is 25.3. The predicted molar refractivity (Wildman–Crippen MR) is 98.0 cm³/mol. The Bertz CT molecular complexity index is 794. The Morgan fingerprint density at radius 3 is 2.73 bits per heavy atom. The molecule has 0 radical (unpaired) electrons. The van der Waals surface area contributed by atoms with Crippen LogP contribution in [-0.4, -0.2) is 29.2 Å². The SMILES string of the molecule is Cc1noc(C)c1CSc1ccccc1C(=O)O[C@@H](C)C(=O)NC1CC1. The summed E-state index contributed by atoms with van der Waals surface area (Å²) in [6.45, 7) is 5.36. The molecule has 0 spiro atoms. The van der Waals surface area contributed by atoms with Crippen molar-refractivity contribution in [2.24, 2.45) is 0 Å². The van der Waals surface area contributed by atoms with Crippen LogP contribution in [0.1, 0.15) is 47.1 Å². The maximum atomic E-state index is 12.5. The monoisotopic (exact) mass is 374 g/mol. The summed E-state index contributed by atoms with van der Waals surface area (Å²) in [5.74, 6) is 0.677. The summed E-state index contributed by atoms with van der Waals surface area (Å²) in [5, 5.41) is 6.79. The minimum Gasteiger partial charge on any atom is -0.449 e. The molecule has 1 amide bonds. The van der Waals surface area contributed by atoms with Gasteiger partial charge < -0.3 is 14.6 Å². The Hall–Kier alpha value is -2.28. The van der Waals surface area contributed by atoms with E-state index in [-0.39, 0.29) is 11.9 Å². The van der Waals surface area contributed by atoms with Gasteiger partial charge in [0.1, 0.15) is 5.76 Å². The summed E-state index contributed by atoms with van der Waals surface area (Å²) >= 11 is 1.52. The van der Waals surface area contributed by atoms with Crippen molar-refractivity contribution in [3.63, 3.8) is 0 Å². The average Bonchev–Trinajstić information content (AvgIpc) is 3.38. The van der Waals surface area contributed by atoms with E-state index in [0.29, 0.717) is 11.3 Å². The molecule has 1 aliphatic carbocycles. The van der Waals surface area contributed by atoms with Gasteiger partial charge in [-0.3, -0.25) is 4.79 Å². The van der Waals surface area contributed by atoms with E-state index in [0.717, 1.165) is 34.8 Å². The first kappa shape index (κ1) is 18.5. The topological polar surface area (TPSA) is 81.4 Å². The fraction of sp³-hybridized carbons (Fsp3) is 0.421. The molecule has 1 heterocycles. The number of hydrogen-bond acceptors (Lipinski definition) is 6. The number of esters is 1. The Morgan fingerprint density at radius 1 is 1.35 bits per heavy atom. The largest absolute Gasteiger partial charge is 0.449 e. The molecule has 2 aromatic rings. The van der Waals surface area contributed by atoms with Crippen molar-refractivity contribution >= 4 is 23.6 Å². The highest BCUT2D eigenvalue weighted by Crippen LogP contribution is 2.29. The third kappa shape index (κ3) is 4.46. The number of hydrogen-bond donors (Lipinski definition) is 1. The van der Waals surface area contributed by atoms with Crippen molar-refractivity contribution in [1.82, 2.24) is 10.5 Å². The molecular formula is C19H22N2O4S.